The quantitative estimate of drug-likeness (QED) is 0.456. The van der Waals surface area contributed by atoms with Gasteiger partial charge in [-0.15, -0.1) is 0 Å². The second kappa shape index (κ2) is 10.2. The standard InChI is InChI=1S/C27H40O2/c1-3-17-29-26-14-11-21(12-15-26)20-5-7-22(8-6-20)23-9-10-25-19-27(28-4-2)16-13-24(25)18-23/h3,11-12,14-15,20,22-25,27H,1,4-10,13,16-19H2,2H3. The summed E-state index contributed by atoms with van der Waals surface area (Å²) in [5.74, 6) is 5.62. The minimum atomic E-state index is 0.557. The second-order valence-electron chi connectivity index (χ2n) is 9.76. The summed E-state index contributed by atoms with van der Waals surface area (Å²) < 4.78 is 11.6. The number of hydrogen-bond acceptors (Lipinski definition) is 2. The summed E-state index contributed by atoms with van der Waals surface area (Å²) in [6, 6.07) is 8.83. The van der Waals surface area contributed by atoms with E-state index in [2.05, 4.69) is 37.8 Å². The molecular formula is C27H40O2. The van der Waals surface area contributed by atoms with Gasteiger partial charge in [0.05, 0.1) is 6.10 Å². The Bertz CT molecular complexity index is 628. The Morgan fingerprint density at radius 2 is 1.45 bits per heavy atom. The van der Waals surface area contributed by atoms with Gasteiger partial charge in [-0.25, -0.2) is 0 Å². The Morgan fingerprint density at radius 3 is 2.14 bits per heavy atom. The van der Waals surface area contributed by atoms with Crippen LogP contribution >= 0.6 is 0 Å². The van der Waals surface area contributed by atoms with Gasteiger partial charge in [-0.2, -0.15) is 0 Å². The van der Waals surface area contributed by atoms with Crippen molar-refractivity contribution in [1.82, 2.24) is 0 Å². The van der Waals surface area contributed by atoms with Crippen LogP contribution in [-0.4, -0.2) is 19.3 Å². The van der Waals surface area contributed by atoms with E-state index in [1.54, 1.807) is 6.08 Å². The summed E-state index contributed by atoms with van der Waals surface area (Å²) in [5.41, 5.74) is 1.51. The molecule has 2 nitrogen and oxygen atoms in total. The van der Waals surface area contributed by atoms with Crippen LogP contribution in [0.25, 0.3) is 0 Å². The van der Waals surface area contributed by atoms with Gasteiger partial charge < -0.3 is 9.47 Å². The number of fused-ring (bicyclic) bond motifs is 1. The van der Waals surface area contributed by atoms with Crippen LogP contribution in [0.3, 0.4) is 0 Å². The van der Waals surface area contributed by atoms with Gasteiger partial charge in [-0.1, -0.05) is 24.8 Å². The highest BCUT2D eigenvalue weighted by atomic mass is 16.5. The highest BCUT2D eigenvalue weighted by Crippen LogP contribution is 2.49. The van der Waals surface area contributed by atoms with Crippen LogP contribution in [-0.2, 0) is 4.74 Å². The lowest BCUT2D eigenvalue weighted by molar-refractivity contribution is -0.0205. The van der Waals surface area contributed by atoms with Gasteiger partial charge in [-0.3, -0.25) is 0 Å². The lowest BCUT2D eigenvalue weighted by Crippen LogP contribution is -2.36. The first-order valence-corrected chi connectivity index (χ1v) is 12.2. The zero-order chi connectivity index (χ0) is 20.1. The first-order valence-electron chi connectivity index (χ1n) is 12.2. The molecule has 0 N–H and O–H groups in total. The average molecular weight is 397 g/mol. The molecule has 29 heavy (non-hydrogen) atoms. The fourth-order valence-corrected chi connectivity index (χ4v) is 6.61. The second-order valence-corrected chi connectivity index (χ2v) is 9.76. The van der Waals surface area contributed by atoms with Crippen molar-refractivity contribution in [3.05, 3.63) is 42.5 Å². The molecule has 0 spiro atoms. The lowest BCUT2D eigenvalue weighted by Gasteiger charge is -2.45. The maximum atomic E-state index is 5.94. The molecule has 3 aliphatic carbocycles. The van der Waals surface area contributed by atoms with Gasteiger partial charge in [0, 0.05) is 6.61 Å². The van der Waals surface area contributed by atoms with Crippen LogP contribution in [0.5, 0.6) is 5.75 Å². The molecule has 1 aromatic rings. The van der Waals surface area contributed by atoms with E-state index in [1.165, 1.54) is 69.8 Å². The molecule has 4 atom stereocenters. The summed E-state index contributed by atoms with van der Waals surface area (Å²) in [5, 5.41) is 0. The maximum Gasteiger partial charge on any atom is 0.119 e. The highest BCUT2D eigenvalue weighted by Gasteiger charge is 2.39. The predicted octanol–water partition coefficient (Wildman–Crippen LogP) is 7.15. The van der Waals surface area contributed by atoms with Crippen molar-refractivity contribution in [2.24, 2.45) is 23.7 Å². The summed E-state index contributed by atoms with van der Waals surface area (Å²) in [6.45, 7) is 7.33. The molecule has 0 aliphatic heterocycles. The van der Waals surface area contributed by atoms with Crippen molar-refractivity contribution in [1.29, 1.82) is 0 Å². The molecular weight excluding hydrogens is 356 g/mol. The minimum Gasteiger partial charge on any atom is -0.490 e. The Morgan fingerprint density at radius 1 is 0.828 bits per heavy atom. The van der Waals surface area contributed by atoms with E-state index in [0.29, 0.717) is 12.7 Å². The number of ether oxygens (including phenoxy) is 2. The average Bonchev–Trinajstić information content (AvgIpc) is 2.78. The highest BCUT2D eigenvalue weighted by molar-refractivity contribution is 5.29. The van der Waals surface area contributed by atoms with E-state index in [-0.39, 0.29) is 0 Å². The van der Waals surface area contributed by atoms with Crippen molar-refractivity contribution in [2.45, 2.75) is 83.2 Å². The number of benzene rings is 1. The van der Waals surface area contributed by atoms with Crippen molar-refractivity contribution in [3.8, 4) is 5.75 Å². The summed E-state index contributed by atoms with van der Waals surface area (Å²) in [4.78, 5) is 0. The lowest BCUT2D eigenvalue weighted by atomic mass is 9.62. The molecule has 4 unspecified atom stereocenters. The molecule has 0 heterocycles. The molecule has 0 radical (unpaired) electrons. The van der Waals surface area contributed by atoms with Crippen LogP contribution in [0.2, 0.25) is 0 Å². The predicted molar refractivity (Wildman–Crippen MR) is 120 cm³/mol. The fraction of sp³-hybridized carbons (Fsp3) is 0.704. The summed E-state index contributed by atoms with van der Waals surface area (Å²) in [7, 11) is 0. The number of hydrogen-bond donors (Lipinski definition) is 0. The molecule has 4 rings (SSSR count). The molecule has 3 fully saturated rings. The summed E-state index contributed by atoms with van der Waals surface area (Å²) in [6.07, 6.45) is 16.5. The fourth-order valence-electron chi connectivity index (χ4n) is 6.61. The first kappa shape index (κ1) is 21.0. The van der Waals surface area contributed by atoms with Crippen molar-refractivity contribution < 1.29 is 9.47 Å². The van der Waals surface area contributed by atoms with Gasteiger partial charge in [0.15, 0.2) is 0 Å². The smallest absolute Gasteiger partial charge is 0.119 e. The van der Waals surface area contributed by atoms with Crippen LogP contribution in [0, 0.1) is 23.7 Å². The van der Waals surface area contributed by atoms with Crippen LogP contribution in [0.15, 0.2) is 36.9 Å². The molecule has 0 amide bonds. The summed E-state index contributed by atoms with van der Waals surface area (Å²) >= 11 is 0. The Labute approximate surface area is 178 Å². The van der Waals surface area contributed by atoms with Crippen LogP contribution < -0.4 is 4.74 Å². The van der Waals surface area contributed by atoms with Crippen molar-refractivity contribution in [2.75, 3.05) is 13.2 Å². The van der Waals surface area contributed by atoms with Gasteiger partial charge in [0.25, 0.3) is 0 Å². The molecule has 1 aromatic carbocycles. The van der Waals surface area contributed by atoms with E-state index >= 15 is 0 Å². The molecule has 0 aromatic heterocycles. The molecule has 2 heteroatoms. The van der Waals surface area contributed by atoms with Gasteiger partial charge in [0.2, 0.25) is 0 Å². The van der Waals surface area contributed by atoms with E-state index in [1.807, 2.05) is 0 Å². The Hall–Kier alpha value is -1.28. The van der Waals surface area contributed by atoms with Crippen molar-refractivity contribution >= 4 is 0 Å². The van der Waals surface area contributed by atoms with Crippen LogP contribution in [0.4, 0.5) is 0 Å². The first-order chi connectivity index (χ1) is 14.3. The largest absolute Gasteiger partial charge is 0.490 e. The molecule has 0 bridgehead atoms. The molecule has 0 saturated heterocycles. The molecule has 3 aliphatic rings. The number of rotatable bonds is 7. The third kappa shape index (κ3) is 5.26. The van der Waals surface area contributed by atoms with E-state index in [0.717, 1.165) is 41.9 Å². The third-order valence-electron chi connectivity index (χ3n) is 8.17. The van der Waals surface area contributed by atoms with Crippen LogP contribution in [0.1, 0.15) is 82.6 Å². The van der Waals surface area contributed by atoms with E-state index in [4.69, 9.17) is 9.47 Å². The SMILES string of the molecule is C=CCOc1ccc(C2CCC(C3CCC4CC(OCC)CCC4C3)CC2)cc1. The maximum absolute atomic E-state index is 5.94. The van der Waals surface area contributed by atoms with Gasteiger partial charge >= 0.3 is 0 Å². The minimum absolute atomic E-state index is 0.557. The topological polar surface area (TPSA) is 18.5 Å². The normalized spacial score (nSPS) is 34.9. The Balaban J connectivity index is 1.24. The zero-order valence-corrected chi connectivity index (χ0v) is 18.4. The van der Waals surface area contributed by atoms with E-state index in [9.17, 15) is 0 Å². The third-order valence-corrected chi connectivity index (χ3v) is 8.17. The molecule has 160 valence electrons. The van der Waals surface area contributed by atoms with Gasteiger partial charge in [0.1, 0.15) is 12.4 Å². The van der Waals surface area contributed by atoms with Crippen molar-refractivity contribution in [3.63, 3.8) is 0 Å². The Kier molecular flexibility index (Phi) is 7.34. The van der Waals surface area contributed by atoms with E-state index < -0.39 is 0 Å². The zero-order valence-electron chi connectivity index (χ0n) is 18.4. The molecule has 3 saturated carbocycles. The monoisotopic (exact) mass is 396 g/mol. The van der Waals surface area contributed by atoms with Gasteiger partial charge in [-0.05, 0) is 118 Å².